The standard InChI is InChI=1S/C17H29N3O/c1-12(2)10-20-16(18-11-19-20)9-13-8-14(17(3,4)5)6-7-15(13)21/h11-14H,6-10H2,1-5H3. The maximum Gasteiger partial charge on any atom is 0.138 e. The van der Waals surface area contributed by atoms with Gasteiger partial charge in [-0.05, 0) is 30.1 Å². The minimum atomic E-state index is 0.123. The summed E-state index contributed by atoms with van der Waals surface area (Å²) < 4.78 is 1.97. The molecule has 21 heavy (non-hydrogen) atoms. The molecular formula is C17H29N3O. The summed E-state index contributed by atoms with van der Waals surface area (Å²) in [5, 5.41) is 4.31. The fraction of sp³-hybridized carbons (Fsp3) is 0.824. The Kier molecular flexibility index (Phi) is 4.84. The predicted octanol–water partition coefficient (Wildman–Crippen LogP) is 3.51. The van der Waals surface area contributed by atoms with Gasteiger partial charge < -0.3 is 0 Å². The number of ketones is 1. The van der Waals surface area contributed by atoms with E-state index in [2.05, 4.69) is 44.7 Å². The SMILES string of the molecule is CC(C)Cn1ncnc1CC1CC(C(C)(C)C)CCC1=O. The zero-order valence-corrected chi connectivity index (χ0v) is 14.1. The molecule has 0 radical (unpaired) electrons. The maximum absolute atomic E-state index is 12.3. The molecule has 1 aromatic rings. The Labute approximate surface area is 128 Å². The Morgan fingerprint density at radius 2 is 2.10 bits per heavy atom. The van der Waals surface area contributed by atoms with Gasteiger partial charge in [-0.25, -0.2) is 9.67 Å². The molecular weight excluding hydrogens is 262 g/mol. The summed E-state index contributed by atoms with van der Waals surface area (Å²) >= 11 is 0. The van der Waals surface area contributed by atoms with E-state index in [0.29, 0.717) is 17.6 Å². The topological polar surface area (TPSA) is 47.8 Å². The van der Waals surface area contributed by atoms with Gasteiger partial charge in [-0.1, -0.05) is 34.6 Å². The van der Waals surface area contributed by atoms with Crippen LogP contribution in [0.3, 0.4) is 0 Å². The number of nitrogens with zero attached hydrogens (tertiary/aromatic N) is 3. The van der Waals surface area contributed by atoms with Crippen molar-refractivity contribution in [3.63, 3.8) is 0 Å². The summed E-state index contributed by atoms with van der Waals surface area (Å²) in [5.41, 5.74) is 0.282. The summed E-state index contributed by atoms with van der Waals surface area (Å²) in [7, 11) is 0. The van der Waals surface area contributed by atoms with E-state index in [1.54, 1.807) is 6.33 Å². The van der Waals surface area contributed by atoms with E-state index < -0.39 is 0 Å². The van der Waals surface area contributed by atoms with Crippen molar-refractivity contribution in [3.8, 4) is 0 Å². The molecule has 0 bridgehead atoms. The smallest absolute Gasteiger partial charge is 0.138 e. The first kappa shape index (κ1) is 16.2. The molecule has 4 heteroatoms. The highest BCUT2D eigenvalue weighted by Gasteiger charge is 2.35. The molecule has 1 saturated carbocycles. The first-order valence-corrected chi connectivity index (χ1v) is 8.16. The lowest BCUT2D eigenvalue weighted by Crippen LogP contribution is -2.33. The zero-order valence-electron chi connectivity index (χ0n) is 14.1. The molecule has 0 saturated heterocycles. The third-order valence-electron chi connectivity index (χ3n) is 4.65. The molecule has 2 unspecified atom stereocenters. The minimum absolute atomic E-state index is 0.123. The van der Waals surface area contributed by atoms with Crippen LogP contribution in [0.25, 0.3) is 0 Å². The lowest BCUT2D eigenvalue weighted by Gasteiger charge is -2.36. The van der Waals surface area contributed by atoms with E-state index >= 15 is 0 Å². The van der Waals surface area contributed by atoms with Crippen LogP contribution in [0.2, 0.25) is 0 Å². The Bertz CT molecular complexity index is 484. The van der Waals surface area contributed by atoms with Crippen molar-refractivity contribution in [1.82, 2.24) is 14.8 Å². The van der Waals surface area contributed by atoms with Crippen molar-refractivity contribution >= 4 is 5.78 Å². The first-order valence-electron chi connectivity index (χ1n) is 8.16. The Morgan fingerprint density at radius 3 is 2.71 bits per heavy atom. The summed E-state index contributed by atoms with van der Waals surface area (Å²) in [6.45, 7) is 12.1. The van der Waals surface area contributed by atoms with Crippen LogP contribution in [-0.2, 0) is 17.8 Å². The molecule has 1 fully saturated rings. The van der Waals surface area contributed by atoms with Gasteiger partial charge in [0.05, 0.1) is 0 Å². The van der Waals surface area contributed by atoms with Gasteiger partial charge >= 0.3 is 0 Å². The van der Waals surface area contributed by atoms with Crippen LogP contribution in [0, 0.1) is 23.2 Å². The number of carbonyl (C=O) groups excluding carboxylic acids is 1. The van der Waals surface area contributed by atoms with Gasteiger partial charge in [0.1, 0.15) is 17.9 Å². The fourth-order valence-corrected chi connectivity index (χ4v) is 3.26. The molecule has 1 aliphatic carbocycles. The molecule has 4 nitrogen and oxygen atoms in total. The number of carbonyl (C=O) groups is 1. The first-order chi connectivity index (χ1) is 9.77. The van der Waals surface area contributed by atoms with Crippen molar-refractivity contribution in [2.45, 2.75) is 66.8 Å². The number of hydrogen-bond donors (Lipinski definition) is 0. The summed E-state index contributed by atoms with van der Waals surface area (Å²) in [4.78, 5) is 16.7. The second-order valence-corrected chi connectivity index (χ2v) is 7.96. The molecule has 118 valence electrons. The van der Waals surface area contributed by atoms with E-state index in [4.69, 9.17) is 0 Å². The third-order valence-corrected chi connectivity index (χ3v) is 4.65. The summed E-state index contributed by atoms with van der Waals surface area (Å²) in [6.07, 6.45) is 5.13. The van der Waals surface area contributed by atoms with Gasteiger partial charge in [0.2, 0.25) is 0 Å². The van der Waals surface area contributed by atoms with Gasteiger partial charge in [-0.3, -0.25) is 4.79 Å². The van der Waals surface area contributed by atoms with Gasteiger partial charge in [-0.2, -0.15) is 5.10 Å². The Balaban J connectivity index is 2.07. The number of aromatic nitrogens is 3. The molecule has 0 amide bonds. The predicted molar refractivity (Wildman–Crippen MR) is 83.9 cm³/mol. The molecule has 2 rings (SSSR count). The molecule has 0 aromatic carbocycles. The fourth-order valence-electron chi connectivity index (χ4n) is 3.26. The molecule has 0 N–H and O–H groups in total. The average molecular weight is 291 g/mol. The van der Waals surface area contributed by atoms with Crippen LogP contribution in [-0.4, -0.2) is 20.5 Å². The maximum atomic E-state index is 12.3. The lowest BCUT2D eigenvalue weighted by molar-refractivity contribution is -0.126. The van der Waals surface area contributed by atoms with Crippen LogP contribution in [0.4, 0.5) is 0 Å². The summed E-state index contributed by atoms with van der Waals surface area (Å²) in [6, 6.07) is 0. The quantitative estimate of drug-likeness (QED) is 0.853. The number of Topliss-reactive ketones (excluding diaryl/α,β-unsaturated/α-hetero) is 1. The monoisotopic (exact) mass is 291 g/mol. The van der Waals surface area contributed by atoms with Crippen LogP contribution < -0.4 is 0 Å². The van der Waals surface area contributed by atoms with E-state index in [1.807, 2.05) is 4.68 Å². The second kappa shape index (κ2) is 6.29. The van der Waals surface area contributed by atoms with Gasteiger partial charge in [0.25, 0.3) is 0 Å². The molecule has 2 atom stereocenters. The Morgan fingerprint density at radius 1 is 1.38 bits per heavy atom. The van der Waals surface area contributed by atoms with Crippen molar-refractivity contribution < 1.29 is 4.79 Å². The van der Waals surface area contributed by atoms with Gasteiger partial charge in [0.15, 0.2) is 0 Å². The highest BCUT2D eigenvalue weighted by molar-refractivity contribution is 5.81. The van der Waals surface area contributed by atoms with E-state index in [1.165, 1.54) is 0 Å². The molecule has 1 heterocycles. The molecule has 0 aliphatic heterocycles. The van der Waals surface area contributed by atoms with Crippen LogP contribution in [0.1, 0.15) is 59.7 Å². The average Bonchev–Trinajstić information content (AvgIpc) is 2.77. The van der Waals surface area contributed by atoms with Crippen LogP contribution in [0.15, 0.2) is 6.33 Å². The molecule has 1 aliphatic rings. The van der Waals surface area contributed by atoms with Crippen LogP contribution >= 0.6 is 0 Å². The zero-order chi connectivity index (χ0) is 15.6. The Hall–Kier alpha value is -1.19. The van der Waals surface area contributed by atoms with E-state index in [0.717, 1.165) is 38.1 Å². The van der Waals surface area contributed by atoms with Crippen LogP contribution in [0.5, 0.6) is 0 Å². The van der Waals surface area contributed by atoms with Crippen molar-refractivity contribution in [2.75, 3.05) is 0 Å². The third kappa shape index (κ3) is 4.14. The highest BCUT2D eigenvalue weighted by atomic mass is 16.1. The minimum Gasteiger partial charge on any atom is -0.299 e. The largest absolute Gasteiger partial charge is 0.299 e. The normalized spacial score (nSPS) is 23.8. The second-order valence-electron chi connectivity index (χ2n) is 7.96. The van der Waals surface area contributed by atoms with Gasteiger partial charge in [0, 0.05) is 25.3 Å². The van der Waals surface area contributed by atoms with Crippen molar-refractivity contribution in [2.24, 2.45) is 23.2 Å². The summed E-state index contributed by atoms with van der Waals surface area (Å²) in [5.74, 6) is 2.67. The number of hydrogen-bond acceptors (Lipinski definition) is 3. The van der Waals surface area contributed by atoms with E-state index in [9.17, 15) is 4.79 Å². The molecule has 0 spiro atoms. The molecule has 1 aromatic heterocycles. The van der Waals surface area contributed by atoms with Gasteiger partial charge in [-0.15, -0.1) is 0 Å². The van der Waals surface area contributed by atoms with Crippen molar-refractivity contribution in [3.05, 3.63) is 12.2 Å². The van der Waals surface area contributed by atoms with Crippen molar-refractivity contribution in [1.29, 1.82) is 0 Å². The number of rotatable bonds is 4. The van der Waals surface area contributed by atoms with E-state index in [-0.39, 0.29) is 11.3 Å². The lowest BCUT2D eigenvalue weighted by atomic mass is 9.68. The highest BCUT2D eigenvalue weighted by Crippen LogP contribution is 2.39.